The van der Waals surface area contributed by atoms with Gasteiger partial charge in [0.15, 0.2) is 0 Å². The lowest BCUT2D eigenvalue weighted by atomic mass is 10.0. The molecular formula is C14H9NO5S. The van der Waals surface area contributed by atoms with Crippen LogP contribution in [0.2, 0.25) is 0 Å². The molecule has 3 rings (SSSR count). The van der Waals surface area contributed by atoms with Gasteiger partial charge in [0.25, 0.3) is 0 Å². The van der Waals surface area contributed by atoms with Gasteiger partial charge >= 0.3 is 11.9 Å². The van der Waals surface area contributed by atoms with E-state index < -0.39 is 17.5 Å². The van der Waals surface area contributed by atoms with Gasteiger partial charge in [-0.1, -0.05) is 17.8 Å². The van der Waals surface area contributed by atoms with Crippen LogP contribution in [0.15, 0.2) is 46.5 Å². The average Bonchev–Trinajstić information content (AvgIpc) is 2.45. The van der Waals surface area contributed by atoms with Crippen LogP contribution in [-0.4, -0.2) is 27.3 Å². The van der Waals surface area contributed by atoms with Crippen LogP contribution in [0.3, 0.4) is 0 Å². The van der Waals surface area contributed by atoms with E-state index in [2.05, 4.69) is 0 Å². The summed E-state index contributed by atoms with van der Waals surface area (Å²) in [7, 11) is 0. The molecule has 0 aliphatic carbocycles. The van der Waals surface area contributed by atoms with Crippen molar-refractivity contribution in [1.29, 1.82) is 0 Å². The number of carboxylic acids is 2. The van der Waals surface area contributed by atoms with Crippen molar-refractivity contribution in [1.82, 2.24) is 0 Å². The third-order valence-corrected chi connectivity index (χ3v) is 4.10. The number of anilines is 1. The molecule has 21 heavy (non-hydrogen) atoms. The van der Waals surface area contributed by atoms with E-state index in [0.29, 0.717) is 0 Å². The lowest BCUT2D eigenvalue weighted by molar-refractivity contribution is 0.0648. The highest BCUT2D eigenvalue weighted by atomic mass is 32.2. The number of phenolic OH excluding ortho intramolecular Hbond substituents is 1. The molecule has 6 nitrogen and oxygen atoms in total. The number of hydrogen-bond donors (Lipinski definition) is 3. The van der Waals surface area contributed by atoms with Crippen molar-refractivity contribution >= 4 is 29.4 Å². The molecule has 2 aliphatic heterocycles. The summed E-state index contributed by atoms with van der Waals surface area (Å²) in [5, 5.41) is 30.3. The second kappa shape index (κ2) is 4.71. The van der Waals surface area contributed by atoms with E-state index >= 15 is 0 Å². The molecule has 106 valence electrons. The van der Waals surface area contributed by atoms with Gasteiger partial charge in [-0.3, -0.25) is 0 Å². The number of rotatable bonds is 2. The van der Waals surface area contributed by atoms with Gasteiger partial charge in [0.1, 0.15) is 11.4 Å². The van der Waals surface area contributed by atoms with Gasteiger partial charge in [-0.05, 0) is 18.2 Å². The first-order valence-corrected chi connectivity index (χ1v) is 6.76. The van der Waals surface area contributed by atoms with E-state index in [-0.39, 0.29) is 21.9 Å². The summed E-state index contributed by atoms with van der Waals surface area (Å²) < 4.78 is 0. The minimum Gasteiger partial charge on any atom is -0.506 e. The predicted molar refractivity (Wildman–Crippen MR) is 76.7 cm³/mol. The Morgan fingerprint density at radius 3 is 2.57 bits per heavy atom. The number of aromatic hydroxyl groups is 1. The molecule has 2 aliphatic rings. The van der Waals surface area contributed by atoms with Crippen LogP contribution in [-0.2, 0) is 0 Å². The Bertz CT molecular complexity index is 763. The van der Waals surface area contributed by atoms with Gasteiger partial charge < -0.3 is 20.2 Å². The number of carbonyl (C=O) groups is 2. The van der Waals surface area contributed by atoms with Crippen LogP contribution in [0.1, 0.15) is 20.7 Å². The lowest BCUT2D eigenvalue weighted by Crippen LogP contribution is -2.21. The maximum atomic E-state index is 11.4. The topological polar surface area (TPSA) is 98.1 Å². The third kappa shape index (κ3) is 1.98. The number of phenols is 1. The monoisotopic (exact) mass is 303 g/mol. The Morgan fingerprint density at radius 1 is 1.14 bits per heavy atom. The Morgan fingerprint density at radius 2 is 1.90 bits per heavy atom. The van der Waals surface area contributed by atoms with Crippen molar-refractivity contribution in [2.75, 3.05) is 4.90 Å². The zero-order chi connectivity index (χ0) is 15.1. The Labute approximate surface area is 123 Å². The number of nitrogens with zero attached hydrogens (tertiary/aromatic N) is 1. The molecular weight excluding hydrogens is 294 g/mol. The minimum atomic E-state index is -1.39. The van der Waals surface area contributed by atoms with Gasteiger partial charge in [0, 0.05) is 11.6 Å². The van der Waals surface area contributed by atoms with E-state index in [1.807, 2.05) is 6.08 Å². The van der Waals surface area contributed by atoms with Crippen LogP contribution in [0.5, 0.6) is 5.75 Å². The first kappa shape index (κ1) is 13.3. The Hall–Kier alpha value is -2.67. The quantitative estimate of drug-likeness (QED) is 0.772. The second-order valence-electron chi connectivity index (χ2n) is 4.34. The number of hydrogen-bond acceptors (Lipinski definition) is 5. The number of fused-ring (bicyclic) bond motifs is 3. The highest BCUT2D eigenvalue weighted by Gasteiger charge is 2.31. The molecule has 0 atom stereocenters. The Balaban J connectivity index is 2.31. The number of allylic oxidation sites excluding steroid dienone is 3. The summed E-state index contributed by atoms with van der Waals surface area (Å²) in [6.45, 7) is 0. The maximum Gasteiger partial charge on any atom is 0.337 e. The number of thioether (sulfide) groups is 1. The summed E-state index contributed by atoms with van der Waals surface area (Å²) in [6.07, 6.45) is 7.04. The molecule has 1 aromatic carbocycles. The van der Waals surface area contributed by atoms with E-state index in [1.54, 1.807) is 28.7 Å². The van der Waals surface area contributed by atoms with Crippen LogP contribution in [0.25, 0.3) is 0 Å². The minimum absolute atomic E-state index is 0.212. The van der Waals surface area contributed by atoms with Crippen molar-refractivity contribution in [3.63, 3.8) is 0 Å². The number of aromatic carboxylic acids is 2. The molecule has 0 bridgehead atoms. The summed E-state index contributed by atoms with van der Waals surface area (Å²) in [4.78, 5) is 24.5. The molecule has 0 radical (unpaired) electrons. The van der Waals surface area contributed by atoms with Crippen molar-refractivity contribution in [3.8, 4) is 5.75 Å². The zero-order valence-electron chi connectivity index (χ0n) is 10.5. The van der Waals surface area contributed by atoms with Crippen LogP contribution >= 0.6 is 11.8 Å². The lowest BCUT2D eigenvalue weighted by Gasteiger charge is -2.30. The summed E-state index contributed by atoms with van der Waals surface area (Å²) >= 11 is 1.08. The first-order valence-electron chi connectivity index (χ1n) is 5.88. The standard InChI is InChI=1S/C14H9NO5S/c16-9-5-8(13(17)18)10(14(19)20)12-11(9)15-4-2-1-3-7(15)6-21-12/h1-6,16H,(H,17,18)(H,19,20). The molecule has 7 heteroatoms. The fraction of sp³-hybridized carbons (Fsp3) is 0. The molecule has 0 aromatic heterocycles. The molecule has 0 fully saturated rings. The van der Waals surface area contributed by atoms with Gasteiger partial charge in [-0.2, -0.15) is 0 Å². The fourth-order valence-electron chi connectivity index (χ4n) is 2.24. The molecule has 0 unspecified atom stereocenters. The Kier molecular flexibility index (Phi) is 2.99. The highest BCUT2D eigenvalue weighted by molar-refractivity contribution is 8.02. The van der Waals surface area contributed by atoms with Gasteiger partial charge in [0.05, 0.1) is 21.7 Å². The molecule has 0 amide bonds. The van der Waals surface area contributed by atoms with E-state index in [0.717, 1.165) is 23.5 Å². The van der Waals surface area contributed by atoms with E-state index in [4.69, 9.17) is 5.11 Å². The second-order valence-corrected chi connectivity index (χ2v) is 5.22. The fourth-order valence-corrected chi connectivity index (χ4v) is 3.30. The van der Waals surface area contributed by atoms with E-state index in [1.165, 1.54) is 0 Å². The van der Waals surface area contributed by atoms with Gasteiger partial charge in [-0.15, -0.1) is 0 Å². The van der Waals surface area contributed by atoms with Gasteiger partial charge in [0.2, 0.25) is 0 Å². The molecule has 1 aromatic rings. The summed E-state index contributed by atoms with van der Waals surface area (Å²) in [6, 6.07) is 0.972. The van der Waals surface area contributed by atoms with Crippen LogP contribution < -0.4 is 4.90 Å². The molecule has 2 heterocycles. The largest absolute Gasteiger partial charge is 0.506 e. The average molecular weight is 303 g/mol. The first-order chi connectivity index (χ1) is 10.0. The normalized spacial score (nSPS) is 15.2. The van der Waals surface area contributed by atoms with Crippen LogP contribution in [0, 0.1) is 0 Å². The highest BCUT2D eigenvalue weighted by Crippen LogP contribution is 2.48. The molecule has 0 saturated heterocycles. The summed E-state index contributed by atoms with van der Waals surface area (Å²) in [5.74, 6) is -3.01. The smallest absolute Gasteiger partial charge is 0.337 e. The zero-order valence-corrected chi connectivity index (χ0v) is 11.3. The number of benzene rings is 1. The predicted octanol–water partition coefficient (Wildman–Crippen LogP) is 2.63. The third-order valence-electron chi connectivity index (χ3n) is 3.11. The van der Waals surface area contributed by atoms with Gasteiger partial charge in [-0.25, -0.2) is 9.59 Å². The van der Waals surface area contributed by atoms with E-state index in [9.17, 15) is 19.8 Å². The van der Waals surface area contributed by atoms with Crippen molar-refractivity contribution in [2.24, 2.45) is 0 Å². The van der Waals surface area contributed by atoms with Crippen LogP contribution in [0.4, 0.5) is 5.69 Å². The van der Waals surface area contributed by atoms with Crippen molar-refractivity contribution in [3.05, 3.63) is 52.7 Å². The summed E-state index contributed by atoms with van der Waals surface area (Å²) in [5.41, 5.74) is 0.295. The van der Waals surface area contributed by atoms with Crippen molar-refractivity contribution < 1.29 is 24.9 Å². The van der Waals surface area contributed by atoms with Crippen molar-refractivity contribution in [2.45, 2.75) is 4.90 Å². The molecule has 0 spiro atoms. The SMILES string of the molecule is O=C(O)c1cc(O)c2c(c1C(=O)O)SC=C1C=CC=CN12. The maximum absolute atomic E-state index is 11.4. The molecule has 0 saturated carbocycles. The molecule has 3 N–H and O–H groups in total. The number of carboxylic acid groups (broad SMARTS) is 2.